The van der Waals surface area contributed by atoms with E-state index in [9.17, 15) is 4.79 Å². The molecule has 6 heteroatoms. The summed E-state index contributed by atoms with van der Waals surface area (Å²) in [6.07, 6.45) is 7.87. The second-order valence-electron chi connectivity index (χ2n) is 7.36. The van der Waals surface area contributed by atoms with Crippen LogP contribution >= 0.6 is 0 Å². The molecular weight excluding hydrogens is 328 g/mol. The van der Waals surface area contributed by atoms with Crippen molar-refractivity contribution in [1.29, 1.82) is 0 Å². The van der Waals surface area contributed by atoms with E-state index in [1.807, 2.05) is 41.0 Å². The van der Waals surface area contributed by atoms with Crippen molar-refractivity contribution >= 4 is 6.03 Å². The normalized spacial score (nSPS) is 22.4. The summed E-state index contributed by atoms with van der Waals surface area (Å²) >= 11 is 0. The van der Waals surface area contributed by atoms with Crippen LogP contribution in [-0.2, 0) is 13.5 Å². The molecular formula is C20H26N4O2. The van der Waals surface area contributed by atoms with E-state index < -0.39 is 0 Å². The Morgan fingerprint density at radius 3 is 3.08 bits per heavy atom. The second kappa shape index (κ2) is 7.40. The summed E-state index contributed by atoms with van der Waals surface area (Å²) in [6.45, 7) is 2.34. The van der Waals surface area contributed by atoms with Crippen LogP contribution in [0.2, 0.25) is 0 Å². The summed E-state index contributed by atoms with van der Waals surface area (Å²) in [5.74, 6) is 1.40. The third-order valence-corrected chi connectivity index (χ3v) is 5.34. The highest BCUT2D eigenvalue weighted by molar-refractivity contribution is 5.75. The van der Waals surface area contributed by atoms with E-state index >= 15 is 0 Å². The molecule has 2 aromatic rings. The van der Waals surface area contributed by atoms with Crippen LogP contribution in [0.3, 0.4) is 0 Å². The number of benzene rings is 1. The van der Waals surface area contributed by atoms with Gasteiger partial charge in [0.2, 0.25) is 0 Å². The first kappa shape index (κ1) is 16.9. The van der Waals surface area contributed by atoms with Gasteiger partial charge in [0, 0.05) is 31.9 Å². The summed E-state index contributed by atoms with van der Waals surface area (Å²) in [7, 11) is 1.94. The summed E-state index contributed by atoms with van der Waals surface area (Å²) in [6, 6.07) is 8.10. The first-order valence-corrected chi connectivity index (χ1v) is 9.44. The fourth-order valence-electron chi connectivity index (χ4n) is 4.01. The van der Waals surface area contributed by atoms with E-state index in [0.717, 1.165) is 50.1 Å². The molecule has 2 aliphatic heterocycles. The van der Waals surface area contributed by atoms with Crippen LogP contribution in [0.4, 0.5) is 4.79 Å². The number of likely N-dealkylation sites (tertiary alicyclic amines) is 1. The van der Waals surface area contributed by atoms with E-state index in [1.165, 1.54) is 5.56 Å². The van der Waals surface area contributed by atoms with Gasteiger partial charge in [-0.15, -0.1) is 0 Å². The van der Waals surface area contributed by atoms with Crippen LogP contribution in [0.25, 0.3) is 0 Å². The Labute approximate surface area is 154 Å². The van der Waals surface area contributed by atoms with Crippen LogP contribution in [-0.4, -0.2) is 40.4 Å². The molecule has 1 N–H and O–H groups in total. The Balaban J connectivity index is 1.36. The van der Waals surface area contributed by atoms with Crippen molar-refractivity contribution in [3.05, 3.63) is 47.8 Å². The van der Waals surface area contributed by atoms with Crippen LogP contribution in [0.15, 0.2) is 36.7 Å². The fourth-order valence-corrected chi connectivity index (χ4v) is 4.01. The first-order valence-electron chi connectivity index (χ1n) is 9.44. The van der Waals surface area contributed by atoms with Gasteiger partial charge in [-0.2, -0.15) is 5.10 Å². The maximum atomic E-state index is 12.8. The van der Waals surface area contributed by atoms with Gasteiger partial charge < -0.3 is 15.0 Å². The first-order chi connectivity index (χ1) is 12.7. The number of ether oxygens (including phenoxy) is 1. The minimum atomic E-state index is 0.0265. The molecule has 3 heterocycles. The zero-order chi connectivity index (χ0) is 17.9. The number of carbonyl (C=O) groups excluding carboxylic acids is 1. The predicted octanol–water partition coefficient (Wildman–Crippen LogP) is 2.91. The lowest BCUT2D eigenvalue weighted by Crippen LogP contribution is -2.40. The van der Waals surface area contributed by atoms with E-state index in [1.54, 1.807) is 0 Å². The summed E-state index contributed by atoms with van der Waals surface area (Å²) in [5, 5.41) is 7.47. The molecule has 4 rings (SSSR count). The van der Waals surface area contributed by atoms with Crippen LogP contribution < -0.4 is 10.1 Å². The third-order valence-electron chi connectivity index (χ3n) is 5.34. The van der Waals surface area contributed by atoms with Crippen molar-refractivity contribution in [3.8, 4) is 5.75 Å². The standard InChI is InChI=1S/C20H26N4O2/c1-23-13-16(12-21-23)11-15-8-9-24(14-15)20(25)22-18-6-4-10-26-19-7-3-2-5-17(18)19/h2-3,5,7,12-13,15,18H,4,6,8-11,14H2,1H3,(H,22,25). The quantitative estimate of drug-likeness (QED) is 0.922. The molecule has 0 aliphatic carbocycles. The Morgan fingerprint density at radius 1 is 1.35 bits per heavy atom. The van der Waals surface area contributed by atoms with Crippen LogP contribution in [0, 0.1) is 5.92 Å². The van der Waals surface area contributed by atoms with Crippen LogP contribution in [0.1, 0.15) is 36.4 Å². The Kier molecular flexibility index (Phi) is 4.82. The van der Waals surface area contributed by atoms with Gasteiger partial charge in [-0.3, -0.25) is 4.68 Å². The number of hydrogen-bond acceptors (Lipinski definition) is 3. The average molecular weight is 354 g/mol. The van der Waals surface area contributed by atoms with Gasteiger partial charge in [-0.05, 0) is 43.2 Å². The molecule has 1 saturated heterocycles. The van der Waals surface area contributed by atoms with Gasteiger partial charge in [0.25, 0.3) is 0 Å². The zero-order valence-electron chi connectivity index (χ0n) is 15.2. The number of aromatic nitrogens is 2. The van der Waals surface area contributed by atoms with Gasteiger partial charge in [-0.25, -0.2) is 4.79 Å². The number of nitrogens with zero attached hydrogens (tertiary/aromatic N) is 3. The molecule has 0 spiro atoms. The van der Waals surface area contributed by atoms with Gasteiger partial charge in [0.1, 0.15) is 5.75 Å². The van der Waals surface area contributed by atoms with Crippen LogP contribution in [0.5, 0.6) is 5.75 Å². The number of amides is 2. The topological polar surface area (TPSA) is 59.4 Å². The molecule has 2 amide bonds. The van der Waals surface area contributed by atoms with Crippen molar-refractivity contribution in [3.63, 3.8) is 0 Å². The molecule has 1 fully saturated rings. The van der Waals surface area contributed by atoms with Crippen molar-refractivity contribution in [2.45, 2.75) is 31.7 Å². The monoisotopic (exact) mass is 354 g/mol. The van der Waals surface area contributed by atoms with E-state index in [0.29, 0.717) is 12.5 Å². The van der Waals surface area contributed by atoms with Crippen molar-refractivity contribution in [2.75, 3.05) is 19.7 Å². The van der Waals surface area contributed by atoms with Crippen molar-refractivity contribution in [2.24, 2.45) is 13.0 Å². The number of nitrogens with one attached hydrogen (secondary N) is 1. The summed E-state index contributed by atoms with van der Waals surface area (Å²) in [5.41, 5.74) is 2.33. The maximum Gasteiger partial charge on any atom is 0.317 e. The second-order valence-corrected chi connectivity index (χ2v) is 7.36. The number of fused-ring (bicyclic) bond motifs is 1. The minimum Gasteiger partial charge on any atom is -0.493 e. The number of carbonyl (C=O) groups is 1. The molecule has 2 aliphatic rings. The Morgan fingerprint density at radius 2 is 2.23 bits per heavy atom. The summed E-state index contributed by atoms with van der Waals surface area (Å²) < 4.78 is 7.63. The fraction of sp³-hybridized carbons (Fsp3) is 0.500. The van der Waals surface area contributed by atoms with Gasteiger partial charge in [0.15, 0.2) is 0 Å². The highest BCUT2D eigenvalue weighted by Gasteiger charge is 2.29. The Hall–Kier alpha value is -2.50. The zero-order valence-corrected chi connectivity index (χ0v) is 15.2. The average Bonchev–Trinajstić information content (AvgIpc) is 3.22. The smallest absolute Gasteiger partial charge is 0.317 e. The highest BCUT2D eigenvalue weighted by atomic mass is 16.5. The van der Waals surface area contributed by atoms with Crippen molar-refractivity contribution in [1.82, 2.24) is 20.0 Å². The lowest BCUT2D eigenvalue weighted by atomic mass is 10.0. The van der Waals surface area contributed by atoms with Gasteiger partial charge >= 0.3 is 6.03 Å². The predicted molar refractivity (Wildman–Crippen MR) is 99.0 cm³/mol. The number of aryl methyl sites for hydroxylation is 1. The molecule has 138 valence electrons. The molecule has 6 nitrogen and oxygen atoms in total. The molecule has 26 heavy (non-hydrogen) atoms. The van der Waals surface area contributed by atoms with Gasteiger partial charge in [-0.1, -0.05) is 18.2 Å². The molecule has 0 saturated carbocycles. The molecule has 0 radical (unpaired) electrons. The number of urea groups is 1. The van der Waals surface area contributed by atoms with E-state index in [4.69, 9.17) is 4.74 Å². The Bertz CT molecular complexity index is 773. The molecule has 2 unspecified atom stereocenters. The lowest BCUT2D eigenvalue weighted by Gasteiger charge is -2.23. The molecule has 2 atom stereocenters. The largest absolute Gasteiger partial charge is 0.493 e. The van der Waals surface area contributed by atoms with E-state index in [2.05, 4.69) is 22.7 Å². The van der Waals surface area contributed by atoms with Crippen molar-refractivity contribution < 1.29 is 9.53 Å². The molecule has 0 bridgehead atoms. The maximum absolute atomic E-state index is 12.8. The molecule has 1 aromatic heterocycles. The number of hydrogen-bond donors (Lipinski definition) is 1. The summed E-state index contributed by atoms with van der Waals surface area (Å²) in [4.78, 5) is 14.7. The minimum absolute atomic E-state index is 0.0265. The van der Waals surface area contributed by atoms with Gasteiger partial charge in [0.05, 0.1) is 18.8 Å². The highest BCUT2D eigenvalue weighted by Crippen LogP contribution is 2.31. The SMILES string of the molecule is Cn1cc(CC2CCN(C(=O)NC3CCCOc4ccccc43)C2)cn1. The van der Waals surface area contributed by atoms with E-state index in [-0.39, 0.29) is 12.1 Å². The number of para-hydroxylation sites is 1. The number of rotatable bonds is 3. The lowest BCUT2D eigenvalue weighted by molar-refractivity contribution is 0.202. The molecule has 1 aromatic carbocycles. The third kappa shape index (κ3) is 3.69.